The molecule has 0 aliphatic rings. The second-order valence-corrected chi connectivity index (χ2v) is 0. The van der Waals surface area contributed by atoms with E-state index in [9.17, 15) is 0 Å². The van der Waals surface area contributed by atoms with Crippen molar-refractivity contribution in [2.45, 2.75) is 0 Å². The summed E-state index contributed by atoms with van der Waals surface area (Å²) in [5.74, 6) is 0. The predicted octanol–water partition coefficient (Wildman–Crippen LogP) is -1.44. The Hall–Kier alpha value is 3.79. The van der Waals surface area contributed by atoms with Gasteiger partial charge in [-0.15, -0.1) is 0 Å². The van der Waals surface area contributed by atoms with Gasteiger partial charge in [0.25, 0.3) is 0 Å². The molecule has 0 saturated heterocycles. The zero-order valence-electron chi connectivity index (χ0n) is 7.28. The van der Waals surface area contributed by atoms with Crippen molar-refractivity contribution >= 4 is 0 Å². The van der Waals surface area contributed by atoms with Crippen LogP contribution in [0.1, 0.15) is 0 Å². The van der Waals surface area contributed by atoms with E-state index in [2.05, 4.69) is 0 Å². The molecule has 0 fully saturated rings. The third kappa shape index (κ3) is 436. The zero-order valence-corrected chi connectivity index (χ0v) is 21.8. The maximum absolute atomic E-state index is 0. The van der Waals surface area contributed by atoms with Crippen LogP contribution in [0.4, 0.5) is 0 Å². The van der Waals surface area contributed by atoms with Crippen LogP contribution in [0.25, 0.3) is 0 Å². The Bertz CT molecular complexity index is 19.7. The third-order valence-electron chi connectivity index (χ3n) is 0. The molecule has 0 spiro atoms. The first-order valence-corrected chi connectivity index (χ1v) is 0. The second-order valence-electron chi connectivity index (χ2n) is 0. The molecule has 0 unspecified atom stereocenters. The second kappa shape index (κ2) is 486. The van der Waals surface area contributed by atoms with Crippen LogP contribution in [0, 0.1) is 0 Å². The van der Waals surface area contributed by atoms with Crippen molar-refractivity contribution in [3.05, 3.63) is 0 Å². The number of rotatable bonds is 0. The Labute approximate surface area is 191 Å². The Kier molecular flexibility index (Phi) is 16200. The maximum atomic E-state index is 0. The molecule has 12 nitrogen and oxygen atoms in total. The summed E-state index contributed by atoms with van der Waals surface area (Å²) in [7, 11) is 0. The van der Waals surface area contributed by atoms with Gasteiger partial charge in [-0.25, -0.2) is 0 Å². The van der Waals surface area contributed by atoms with E-state index in [1.807, 2.05) is 0 Å². The summed E-state index contributed by atoms with van der Waals surface area (Å²) in [4.78, 5) is 0. The van der Waals surface area contributed by atoms with Crippen LogP contribution in [0.5, 0.6) is 0 Å². The van der Waals surface area contributed by atoms with Crippen molar-refractivity contribution in [3.63, 3.8) is 0 Å². The first-order chi connectivity index (χ1) is 0. The molecule has 0 saturated carbocycles. The van der Waals surface area contributed by atoms with Crippen molar-refractivity contribution < 1.29 is 194 Å². The van der Waals surface area contributed by atoms with Crippen LogP contribution in [0.15, 0.2) is 0 Å². The van der Waals surface area contributed by atoms with Crippen LogP contribution < -0.4 is 0 Å². The van der Waals surface area contributed by atoms with E-state index in [0.717, 1.165) is 0 Å². The van der Waals surface area contributed by atoms with Gasteiger partial charge in [0.1, 0.15) is 0 Å². The van der Waals surface area contributed by atoms with Crippen molar-refractivity contribution in [3.8, 4) is 0 Å². The summed E-state index contributed by atoms with van der Waals surface area (Å²) >= 11 is 0. The molecule has 17 heavy (non-hydrogen) atoms. The molecule has 17 heteroatoms. The summed E-state index contributed by atoms with van der Waals surface area (Å²) < 4.78 is 0. The standard InChI is InChI=1S/12O.3W.2Y/q12*-2;;;;2*+3. The molecular formula is O12W3Y2-18. The Balaban J connectivity index is 0. The number of hydrogen-bond donors (Lipinski definition) is 0. The van der Waals surface area contributed by atoms with Crippen molar-refractivity contribution in [1.82, 2.24) is 0 Å². The van der Waals surface area contributed by atoms with Crippen LogP contribution >= 0.6 is 0 Å². The third-order valence-corrected chi connectivity index (χ3v) is 0. The van der Waals surface area contributed by atoms with Crippen LogP contribution in [-0.4, -0.2) is 0 Å². The molecule has 0 radical (unpaired) electrons. The molecule has 0 atom stereocenters. The molecule has 0 aromatic heterocycles. The van der Waals surface area contributed by atoms with Gasteiger partial charge < -0.3 is 65.7 Å². The summed E-state index contributed by atoms with van der Waals surface area (Å²) in [6.07, 6.45) is 0. The quantitative estimate of drug-likeness (QED) is 0.270. The predicted molar refractivity (Wildman–Crippen MR) is 8.24 cm³/mol. The van der Waals surface area contributed by atoms with E-state index in [0.29, 0.717) is 0 Å². The van der Waals surface area contributed by atoms with Crippen LogP contribution in [0.2, 0.25) is 0 Å². The molecule has 0 aromatic rings. The average Bonchev–Trinajstić information content (AvgIpc) is 0. The van der Waals surface area contributed by atoms with E-state index in [4.69, 9.17) is 0 Å². The minimum absolute atomic E-state index is 0. The van der Waals surface area contributed by atoms with E-state index in [-0.39, 0.29) is 194 Å². The van der Waals surface area contributed by atoms with Crippen LogP contribution in [-0.2, 0) is 194 Å². The largest absolute Gasteiger partial charge is 3.00 e. The number of hydrogen-bond acceptors (Lipinski definition) is 0. The fourth-order valence-corrected chi connectivity index (χ4v) is 0. The van der Waals surface area contributed by atoms with E-state index >= 15 is 0 Å². The summed E-state index contributed by atoms with van der Waals surface area (Å²) in [5.41, 5.74) is 0. The van der Waals surface area contributed by atoms with Gasteiger partial charge in [-0.05, 0) is 0 Å². The Morgan fingerprint density at radius 3 is 0.176 bits per heavy atom. The fourth-order valence-electron chi connectivity index (χ4n) is 0. The Morgan fingerprint density at radius 2 is 0.176 bits per heavy atom. The SMILES string of the molecule is [O-2].[O-2].[O-2].[O-2].[O-2].[O-2].[O-2].[O-2].[O-2].[O-2].[O-2].[O-2].[W].[W].[W].[Y+3].[Y+3]. The normalized spacial score (nSPS) is 0. The van der Waals surface area contributed by atoms with Gasteiger partial charge in [0.05, 0.1) is 0 Å². The van der Waals surface area contributed by atoms with Crippen molar-refractivity contribution in [2.75, 3.05) is 0 Å². The molecule has 0 heterocycles. The Morgan fingerprint density at radius 1 is 0.176 bits per heavy atom. The van der Waals surface area contributed by atoms with E-state index in [1.54, 1.807) is 0 Å². The molecule has 0 aliphatic heterocycles. The van der Waals surface area contributed by atoms with Gasteiger partial charge >= 0.3 is 65.4 Å². The first kappa shape index (κ1) is 566. The molecule has 0 amide bonds. The van der Waals surface area contributed by atoms with Crippen molar-refractivity contribution in [2.24, 2.45) is 0 Å². The first-order valence-electron chi connectivity index (χ1n) is 0. The van der Waals surface area contributed by atoms with Gasteiger partial charge in [-0.2, -0.15) is 0 Å². The molecule has 114 valence electrons. The zero-order chi connectivity index (χ0) is 0. The maximum Gasteiger partial charge on any atom is 3.00 e. The molecule has 0 N–H and O–H groups in total. The molecule has 0 aromatic carbocycles. The molecule has 0 rings (SSSR count). The van der Waals surface area contributed by atoms with Gasteiger partial charge in [0.2, 0.25) is 0 Å². The van der Waals surface area contributed by atoms with Crippen LogP contribution in [0.3, 0.4) is 0 Å². The van der Waals surface area contributed by atoms with Gasteiger partial charge in [0.15, 0.2) is 0 Å². The topological polar surface area (TPSA) is 342 Å². The summed E-state index contributed by atoms with van der Waals surface area (Å²) in [6, 6.07) is 0. The minimum Gasteiger partial charge on any atom is -2.00 e. The van der Waals surface area contributed by atoms with Gasteiger partial charge in [-0.1, -0.05) is 0 Å². The van der Waals surface area contributed by atoms with Gasteiger partial charge in [0, 0.05) is 63.2 Å². The molecule has 0 bridgehead atoms. The summed E-state index contributed by atoms with van der Waals surface area (Å²) in [5, 5.41) is 0. The van der Waals surface area contributed by atoms with E-state index < -0.39 is 0 Å². The van der Waals surface area contributed by atoms with Gasteiger partial charge in [-0.3, -0.25) is 0 Å². The summed E-state index contributed by atoms with van der Waals surface area (Å²) in [6.45, 7) is 0. The van der Waals surface area contributed by atoms with E-state index in [1.165, 1.54) is 0 Å². The molecular weight excluding hydrogens is 921 g/mol. The average molecular weight is 921 g/mol. The molecule has 0 aliphatic carbocycles. The van der Waals surface area contributed by atoms with Crippen molar-refractivity contribution in [1.29, 1.82) is 0 Å². The minimum atomic E-state index is 0. The fraction of sp³-hybridized carbons (Fsp3) is 0. The smallest absolute Gasteiger partial charge is 2.00 e. The monoisotopic (exact) mass is 922 g/mol.